The maximum Gasteiger partial charge on any atom is 0.328 e. The SMILES string of the molecule is COC(=O)[C@H](CC(C)C)NC(=O)[C@H](Cc1ccccc1)N1C/C=C/C(C)(C)NC(=O)[C@H]([C@@H](N)Cc2ccc(O)cc2)CCC(=O)NCC1=O. The van der Waals surface area contributed by atoms with Gasteiger partial charge < -0.3 is 36.4 Å². The van der Waals surface area contributed by atoms with E-state index >= 15 is 0 Å². The number of phenolic OH excluding ortho intramolecular Hbond substituents is 1. The number of carbonyl (C=O) groups excluding carboxylic acids is 5. The van der Waals surface area contributed by atoms with Crippen LogP contribution in [0.5, 0.6) is 5.75 Å². The molecule has 1 aliphatic heterocycles. The molecule has 6 N–H and O–H groups in total. The smallest absolute Gasteiger partial charge is 0.328 e. The summed E-state index contributed by atoms with van der Waals surface area (Å²) in [7, 11) is 1.26. The largest absolute Gasteiger partial charge is 0.508 e. The van der Waals surface area contributed by atoms with Crippen LogP contribution in [0.1, 0.15) is 58.1 Å². The Balaban J connectivity index is 1.91. The van der Waals surface area contributed by atoms with Crippen LogP contribution in [-0.4, -0.2) is 83.5 Å². The predicted octanol–water partition coefficient (Wildman–Crippen LogP) is 2.38. The Morgan fingerprint density at radius 3 is 2.33 bits per heavy atom. The highest BCUT2D eigenvalue weighted by Gasteiger charge is 2.34. The Kier molecular flexibility index (Phi) is 14.4. The number of nitrogens with one attached hydrogen (secondary N) is 3. The van der Waals surface area contributed by atoms with E-state index in [1.165, 1.54) is 12.0 Å². The molecule has 0 unspecified atom stereocenters. The summed E-state index contributed by atoms with van der Waals surface area (Å²) in [5.74, 6) is -2.89. The first kappa shape index (κ1) is 38.7. The average molecular weight is 678 g/mol. The Morgan fingerprint density at radius 1 is 1.04 bits per heavy atom. The Hall–Kier alpha value is -4.71. The van der Waals surface area contributed by atoms with E-state index in [2.05, 4.69) is 16.0 Å². The van der Waals surface area contributed by atoms with Crippen molar-refractivity contribution in [3.8, 4) is 5.75 Å². The van der Waals surface area contributed by atoms with E-state index in [4.69, 9.17) is 10.5 Å². The number of nitrogens with two attached hydrogens (primary N) is 1. The molecule has 0 bridgehead atoms. The third-order valence-corrected chi connectivity index (χ3v) is 8.44. The molecule has 4 atom stereocenters. The van der Waals surface area contributed by atoms with Gasteiger partial charge in [0.2, 0.25) is 23.6 Å². The number of aromatic hydroxyl groups is 1. The Bertz CT molecular complexity index is 1460. The first-order valence-electron chi connectivity index (χ1n) is 16.7. The molecule has 0 aliphatic carbocycles. The fourth-order valence-electron chi connectivity index (χ4n) is 5.83. The van der Waals surface area contributed by atoms with Gasteiger partial charge in [0.25, 0.3) is 0 Å². The van der Waals surface area contributed by atoms with Crippen LogP contribution in [-0.2, 0) is 41.6 Å². The number of methoxy groups -OCH3 is 1. The first-order chi connectivity index (χ1) is 23.2. The van der Waals surface area contributed by atoms with Crippen molar-refractivity contribution in [1.82, 2.24) is 20.9 Å². The van der Waals surface area contributed by atoms with Crippen molar-refractivity contribution in [2.24, 2.45) is 17.6 Å². The highest BCUT2D eigenvalue weighted by Crippen LogP contribution is 2.20. The van der Waals surface area contributed by atoms with Gasteiger partial charge in [0, 0.05) is 25.4 Å². The minimum absolute atomic E-state index is 0.0181. The highest BCUT2D eigenvalue weighted by molar-refractivity contribution is 5.92. The standard InChI is InChI=1S/C37H51N5O7/c1-24(2)20-30(36(48)49-5)40-35(47)31(22-25-10-7-6-8-11-25)42-19-9-18-37(3,4)41-34(46)28(16-17-32(44)39-23-33(42)45)29(38)21-26-12-14-27(43)15-13-26/h6-15,18,24,28-31,43H,16-17,19-23,38H2,1-5H3,(H,39,44)(H,40,47)(H,41,46)/b18-9+/t28-,29-,30-,31-/m0/s1. The molecule has 0 radical (unpaired) electrons. The molecule has 12 nitrogen and oxygen atoms in total. The number of carbonyl (C=O) groups is 5. The van der Waals surface area contributed by atoms with Gasteiger partial charge in [0.15, 0.2) is 0 Å². The number of rotatable bonds is 11. The highest BCUT2D eigenvalue weighted by atomic mass is 16.5. The van der Waals surface area contributed by atoms with Crippen molar-refractivity contribution >= 4 is 29.6 Å². The molecule has 49 heavy (non-hydrogen) atoms. The Morgan fingerprint density at radius 2 is 1.69 bits per heavy atom. The van der Waals surface area contributed by atoms with E-state index in [9.17, 15) is 29.1 Å². The van der Waals surface area contributed by atoms with Crippen molar-refractivity contribution in [2.45, 2.75) is 83.5 Å². The molecule has 12 heteroatoms. The number of nitrogens with zero attached hydrogens (tertiary/aromatic N) is 1. The zero-order valence-electron chi connectivity index (χ0n) is 29.1. The average Bonchev–Trinajstić information content (AvgIpc) is 3.04. The van der Waals surface area contributed by atoms with Crippen molar-refractivity contribution in [3.05, 3.63) is 77.9 Å². The molecule has 0 aromatic heterocycles. The lowest BCUT2D eigenvalue weighted by Gasteiger charge is -2.33. The third-order valence-electron chi connectivity index (χ3n) is 8.44. The molecule has 1 heterocycles. The number of ether oxygens (including phenoxy) is 1. The van der Waals surface area contributed by atoms with E-state index in [1.807, 2.05) is 44.2 Å². The van der Waals surface area contributed by atoms with Crippen LogP contribution in [0.25, 0.3) is 0 Å². The molecule has 2 aromatic carbocycles. The molecule has 1 aliphatic rings. The summed E-state index contributed by atoms with van der Waals surface area (Å²) in [6.07, 6.45) is 4.38. The predicted molar refractivity (Wildman–Crippen MR) is 186 cm³/mol. The minimum atomic E-state index is -1.04. The zero-order chi connectivity index (χ0) is 36.1. The topological polar surface area (TPSA) is 180 Å². The van der Waals surface area contributed by atoms with E-state index < -0.39 is 53.3 Å². The minimum Gasteiger partial charge on any atom is -0.508 e. The van der Waals surface area contributed by atoms with Gasteiger partial charge in [0.1, 0.15) is 17.8 Å². The lowest BCUT2D eigenvalue weighted by atomic mass is 9.88. The summed E-state index contributed by atoms with van der Waals surface area (Å²) in [5, 5.41) is 18.1. The lowest BCUT2D eigenvalue weighted by molar-refractivity contribution is -0.147. The number of hydrogen-bond donors (Lipinski definition) is 5. The van der Waals surface area contributed by atoms with Gasteiger partial charge in [-0.3, -0.25) is 19.2 Å². The summed E-state index contributed by atoms with van der Waals surface area (Å²) < 4.78 is 4.95. The summed E-state index contributed by atoms with van der Waals surface area (Å²) in [5.41, 5.74) is 7.29. The van der Waals surface area contributed by atoms with Gasteiger partial charge in [-0.15, -0.1) is 0 Å². The van der Waals surface area contributed by atoms with Gasteiger partial charge in [-0.2, -0.15) is 0 Å². The van der Waals surface area contributed by atoms with Crippen molar-refractivity contribution in [3.63, 3.8) is 0 Å². The molecule has 0 fully saturated rings. The zero-order valence-corrected chi connectivity index (χ0v) is 29.1. The number of amides is 4. The van der Waals surface area contributed by atoms with Gasteiger partial charge >= 0.3 is 5.97 Å². The summed E-state index contributed by atoms with van der Waals surface area (Å²) >= 11 is 0. The monoisotopic (exact) mass is 677 g/mol. The molecule has 266 valence electrons. The fourth-order valence-corrected chi connectivity index (χ4v) is 5.83. The van der Waals surface area contributed by atoms with Crippen LogP contribution in [0, 0.1) is 11.8 Å². The molecule has 0 saturated carbocycles. The molecule has 4 amide bonds. The number of phenols is 1. The number of benzene rings is 2. The van der Waals surface area contributed by atoms with Gasteiger partial charge in [0.05, 0.1) is 25.1 Å². The molecule has 3 rings (SSSR count). The van der Waals surface area contributed by atoms with E-state index in [1.54, 1.807) is 50.3 Å². The molecule has 0 spiro atoms. The third kappa shape index (κ3) is 12.4. The van der Waals surface area contributed by atoms with Gasteiger partial charge in [-0.25, -0.2) is 4.79 Å². The molecule has 0 saturated heterocycles. The van der Waals surface area contributed by atoms with Gasteiger partial charge in [-0.05, 0) is 62.3 Å². The van der Waals surface area contributed by atoms with Crippen molar-refractivity contribution < 1.29 is 33.8 Å². The maximum atomic E-state index is 14.0. The second kappa shape index (κ2) is 18.2. The van der Waals surface area contributed by atoms with Crippen LogP contribution >= 0.6 is 0 Å². The number of hydrogen-bond acceptors (Lipinski definition) is 8. The summed E-state index contributed by atoms with van der Waals surface area (Å²) in [4.78, 5) is 68.4. The summed E-state index contributed by atoms with van der Waals surface area (Å²) in [6, 6.07) is 13.2. The van der Waals surface area contributed by atoms with E-state index in [-0.39, 0.29) is 49.9 Å². The van der Waals surface area contributed by atoms with Crippen LogP contribution in [0.4, 0.5) is 0 Å². The fraction of sp³-hybridized carbons (Fsp3) is 0.486. The maximum absolute atomic E-state index is 14.0. The molecule has 2 aromatic rings. The van der Waals surface area contributed by atoms with E-state index in [0.29, 0.717) is 12.8 Å². The van der Waals surface area contributed by atoms with Crippen molar-refractivity contribution in [1.29, 1.82) is 0 Å². The second-order valence-corrected chi connectivity index (χ2v) is 13.5. The second-order valence-electron chi connectivity index (χ2n) is 13.5. The lowest BCUT2D eigenvalue weighted by Crippen LogP contribution is -2.56. The quantitative estimate of drug-likeness (QED) is 0.178. The number of esters is 1. The van der Waals surface area contributed by atoms with E-state index in [0.717, 1.165) is 11.1 Å². The van der Waals surface area contributed by atoms with Gasteiger partial charge in [-0.1, -0.05) is 68.5 Å². The summed E-state index contributed by atoms with van der Waals surface area (Å²) in [6.45, 7) is 7.06. The normalized spacial score (nSPS) is 19.9. The molecular weight excluding hydrogens is 626 g/mol. The molecular formula is C37H51N5O7. The van der Waals surface area contributed by atoms with Crippen LogP contribution in [0.2, 0.25) is 0 Å². The first-order valence-corrected chi connectivity index (χ1v) is 16.7. The van der Waals surface area contributed by atoms with Crippen LogP contribution in [0.15, 0.2) is 66.7 Å². The van der Waals surface area contributed by atoms with Crippen molar-refractivity contribution in [2.75, 3.05) is 20.2 Å². The Labute approximate surface area is 288 Å². The van der Waals surface area contributed by atoms with Crippen LogP contribution in [0.3, 0.4) is 0 Å². The van der Waals surface area contributed by atoms with Crippen LogP contribution < -0.4 is 21.7 Å².